The maximum Gasteiger partial charge on any atom is 0.150 e. The number of aliphatic hydroxyl groups excluding tert-OH is 1. The fourth-order valence-corrected chi connectivity index (χ4v) is 3.49. The molecular weight excluding hydrogens is 215 g/mol. The summed E-state index contributed by atoms with van der Waals surface area (Å²) in [6, 6.07) is 0. The van der Waals surface area contributed by atoms with Gasteiger partial charge in [0, 0.05) is 5.92 Å². The number of rotatable bonds is 1. The van der Waals surface area contributed by atoms with Gasteiger partial charge >= 0.3 is 0 Å². The van der Waals surface area contributed by atoms with Gasteiger partial charge in [0.25, 0.3) is 0 Å². The van der Waals surface area contributed by atoms with Crippen LogP contribution >= 0.6 is 0 Å². The van der Waals surface area contributed by atoms with Crippen LogP contribution in [0.1, 0.15) is 51.4 Å². The van der Waals surface area contributed by atoms with Crippen LogP contribution < -0.4 is 0 Å². The van der Waals surface area contributed by atoms with Crippen molar-refractivity contribution in [2.75, 3.05) is 6.67 Å². The molecule has 0 atom stereocenters. The molecular formula is C15H23FO. The Balaban J connectivity index is 1.75. The van der Waals surface area contributed by atoms with Gasteiger partial charge in [-0.05, 0) is 63.2 Å². The third kappa shape index (κ3) is 3.71. The Hall–Kier alpha value is -0.550. The molecule has 0 aromatic rings. The highest BCUT2D eigenvalue weighted by molar-refractivity contribution is 5.05. The van der Waals surface area contributed by atoms with Gasteiger partial charge in [0.15, 0.2) is 0 Å². The highest BCUT2D eigenvalue weighted by atomic mass is 19.1. The topological polar surface area (TPSA) is 20.2 Å². The Kier molecular flexibility index (Phi) is 4.86. The zero-order valence-electron chi connectivity index (χ0n) is 10.5. The van der Waals surface area contributed by atoms with E-state index in [1.54, 1.807) is 0 Å². The standard InChI is InChI=1S/C15H23FO/c16-11-1-2-12-3-5-13(6-4-12)14-7-9-15(17)10-8-14/h12-15,17H,3-11H2. The fraction of sp³-hybridized carbons (Fsp3) is 0.867. The molecule has 17 heavy (non-hydrogen) atoms. The van der Waals surface area contributed by atoms with Crippen LogP contribution in [-0.2, 0) is 0 Å². The van der Waals surface area contributed by atoms with Gasteiger partial charge in [-0.2, -0.15) is 0 Å². The van der Waals surface area contributed by atoms with Crippen molar-refractivity contribution in [3.8, 4) is 11.8 Å². The molecule has 0 bridgehead atoms. The summed E-state index contributed by atoms with van der Waals surface area (Å²) in [5.74, 6) is 7.71. The summed E-state index contributed by atoms with van der Waals surface area (Å²) in [5.41, 5.74) is 0. The molecule has 2 heteroatoms. The number of hydrogen-bond donors (Lipinski definition) is 1. The second-order valence-corrected chi connectivity index (χ2v) is 5.64. The third-order valence-electron chi connectivity index (χ3n) is 4.55. The summed E-state index contributed by atoms with van der Waals surface area (Å²) >= 11 is 0. The van der Waals surface area contributed by atoms with Gasteiger partial charge in [-0.3, -0.25) is 0 Å². The molecule has 0 aromatic heterocycles. The number of halogens is 1. The van der Waals surface area contributed by atoms with E-state index in [9.17, 15) is 9.50 Å². The van der Waals surface area contributed by atoms with Gasteiger partial charge in [0.2, 0.25) is 0 Å². The lowest BCUT2D eigenvalue weighted by molar-refractivity contribution is 0.0797. The molecule has 1 nitrogen and oxygen atoms in total. The van der Waals surface area contributed by atoms with Crippen LogP contribution in [0.2, 0.25) is 0 Å². The minimum absolute atomic E-state index is 0.0435. The maximum absolute atomic E-state index is 12.0. The number of hydrogen-bond acceptors (Lipinski definition) is 1. The summed E-state index contributed by atoms with van der Waals surface area (Å²) in [6.07, 6.45) is 9.15. The minimum Gasteiger partial charge on any atom is -0.393 e. The van der Waals surface area contributed by atoms with Crippen molar-refractivity contribution in [1.29, 1.82) is 0 Å². The number of alkyl halides is 1. The van der Waals surface area contributed by atoms with Crippen molar-refractivity contribution in [1.82, 2.24) is 0 Å². The van der Waals surface area contributed by atoms with E-state index >= 15 is 0 Å². The van der Waals surface area contributed by atoms with Crippen molar-refractivity contribution in [3.63, 3.8) is 0 Å². The van der Waals surface area contributed by atoms with Crippen LogP contribution in [0, 0.1) is 29.6 Å². The van der Waals surface area contributed by atoms with Crippen molar-refractivity contribution < 1.29 is 9.50 Å². The second kappa shape index (κ2) is 6.40. The average molecular weight is 238 g/mol. The van der Waals surface area contributed by atoms with E-state index in [0.29, 0.717) is 5.92 Å². The van der Waals surface area contributed by atoms with Gasteiger partial charge in [-0.15, -0.1) is 0 Å². The molecule has 0 aromatic carbocycles. The predicted octanol–water partition coefficient (Wildman–Crippen LogP) is 3.32. The highest BCUT2D eigenvalue weighted by Gasteiger charge is 2.29. The molecule has 1 N–H and O–H groups in total. The largest absolute Gasteiger partial charge is 0.393 e. The molecule has 0 radical (unpaired) electrons. The van der Waals surface area contributed by atoms with E-state index in [-0.39, 0.29) is 6.10 Å². The predicted molar refractivity (Wildman–Crippen MR) is 67.2 cm³/mol. The Morgan fingerprint density at radius 3 is 1.94 bits per heavy atom. The number of aliphatic hydroxyl groups is 1. The van der Waals surface area contributed by atoms with Crippen LogP contribution in [-0.4, -0.2) is 17.9 Å². The molecule has 0 aliphatic heterocycles. The molecule has 2 aliphatic rings. The molecule has 0 amide bonds. The van der Waals surface area contributed by atoms with E-state index in [1.165, 1.54) is 25.7 Å². The quantitative estimate of drug-likeness (QED) is 0.695. The lowest BCUT2D eigenvalue weighted by Gasteiger charge is -2.35. The first-order chi connectivity index (χ1) is 8.29. The van der Waals surface area contributed by atoms with Crippen LogP contribution in [0.3, 0.4) is 0 Å². The molecule has 96 valence electrons. The summed E-state index contributed by atoms with van der Waals surface area (Å²) in [5, 5.41) is 9.51. The first-order valence-corrected chi connectivity index (χ1v) is 7.02. The third-order valence-corrected chi connectivity index (χ3v) is 4.55. The fourth-order valence-electron chi connectivity index (χ4n) is 3.49. The van der Waals surface area contributed by atoms with Crippen molar-refractivity contribution in [3.05, 3.63) is 0 Å². The molecule has 0 spiro atoms. The smallest absolute Gasteiger partial charge is 0.150 e. The van der Waals surface area contributed by atoms with Crippen LogP contribution in [0.4, 0.5) is 4.39 Å². The van der Waals surface area contributed by atoms with Crippen molar-refractivity contribution >= 4 is 0 Å². The summed E-state index contributed by atoms with van der Waals surface area (Å²) < 4.78 is 12.0. The van der Waals surface area contributed by atoms with Crippen molar-refractivity contribution in [2.24, 2.45) is 17.8 Å². The maximum atomic E-state index is 12.0. The van der Waals surface area contributed by atoms with E-state index in [2.05, 4.69) is 11.8 Å². The van der Waals surface area contributed by atoms with Gasteiger partial charge in [0.1, 0.15) is 6.67 Å². The van der Waals surface area contributed by atoms with Crippen LogP contribution in [0.5, 0.6) is 0 Å². The molecule has 2 aliphatic carbocycles. The van der Waals surface area contributed by atoms with Crippen LogP contribution in [0.25, 0.3) is 0 Å². The van der Waals surface area contributed by atoms with Gasteiger partial charge in [-0.1, -0.05) is 11.8 Å². The minimum atomic E-state index is -0.500. The summed E-state index contributed by atoms with van der Waals surface area (Å²) in [4.78, 5) is 0. The zero-order chi connectivity index (χ0) is 12.1. The molecule has 0 unspecified atom stereocenters. The van der Waals surface area contributed by atoms with E-state index < -0.39 is 6.67 Å². The SMILES string of the molecule is OC1CCC(C2CCC(C#CCF)CC2)CC1. The Morgan fingerprint density at radius 1 is 0.882 bits per heavy atom. The second-order valence-electron chi connectivity index (χ2n) is 5.64. The molecule has 0 heterocycles. The van der Waals surface area contributed by atoms with Crippen LogP contribution in [0.15, 0.2) is 0 Å². The zero-order valence-corrected chi connectivity index (χ0v) is 10.5. The first-order valence-electron chi connectivity index (χ1n) is 7.02. The Morgan fingerprint density at radius 2 is 1.41 bits per heavy atom. The lowest BCUT2D eigenvalue weighted by atomic mass is 9.71. The normalized spacial score (nSPS) is 38.2. The van der Waals surface area contributed by atoms with E-state index in [4.69, 9.17) is 0 Å². The molecule has 2 saturated carbocycles. The molecule has 0 saturated heterocycles. The monoisotopic (exact) mass is 238 g/mol. The molecule has 2 fully saturated rings. The average Bonchev–Trinajstić information content (AvgIpc) is 2.38. The summed E-state index contributed by atoms with van der Waals surface area (Å²) in [6.45, 7) is -0.500. The first kappa shape index (κ1) is 12.9. The highest BCUT2D eigenvalue weighted by Crippen LogP contribution is 2.39. The van der Waals surface area contributed by atoms with Crippen molar-refractivity contribution in [2.45, 2.75) is 57.5 Å². The van der Waals surface area contributed by atoms with Gasteiger partial charge in [0.05, 0.1) is 6.10 Å². The molecule has 2 rings (SSSR count). The van der Waals surface area contributed by atoms with E-state index in [0.717, 1.165) is 37.5 Å². The van der Waals surface area contributed by atoms with E-state index in [1.807, 2.05) is 0 Å². The van der Waals surface area contributed by atoms with Gasteiger partial charge < -0.3 is 5.11 Å². The van der Waals surface area contributed by atoms with Gasteiger partial charge in [-0.25, -0.2) is 4.39 Å². The summed E-state index contributed by atoms with van der Waals surface area (Å²) in [7, 11) is 0. The Labute approximate surface area is 104 Å². The lowest BCUT2D eigenvalue weighted by Crippen LogP contribution is -2.27. The Bertz CT molecular complexity index is 275.